The van der Waals surface area contributed by atoms with Crippen LogP contribution < -0.4 is 27.3 Å². The van der Waals surface area contributed by atoms with Crippen molar-refractivity contribution in [2.75, 3.05) is 18.1 Å². The van der Waals surface area contributed by atoms with Gasteiger partial charge in [0.2, 0.25) is 0 Å². The van der Waals surface area contributed by atoms with Crippen molar-refractivity contribution in [2.45, 2.75) is 26.8 Å². The molecule has 0 spiro atoms. The minimum absolute atomic E-state index is 0.236. The number of hydrogen-bond donors (Lipinski definition) is 4. The zero-order chi connectivity index (χ0) is 18.1. The minimum Gasteiger partial charge on any atom is -0.493 e. The Morgan fingerprint density at radius 1 is 1.32 bits per heavy atom. The molecule has 0 unspecified atom stereocenters. The van der Waals surface area contributed by atoms with Crippen LogP contribution in [0.25, 0.3) is 5.57 Å². The highest BCUT2D eigenvalue weighted by Crippen LogP contribution is 2.38. The number of nitrogens with one attached hydrogen (secondary N) is 1. The molecule has 1 aliphatic heterocycles. The summed E-state index contributed by atoms with van der Waals surface area (Å²) in [5.74, 6) is 0.689. The number of carbonyl (C=O) groups excluding carboxylic acids is 1. The van der Waals surface area contributed by atoms with Crippen LogP contribution in [0.4, 0.5) is 10.7 Å². The van der Waals surface area contributed by atoms with E-state index in [1.165, 1.54) is 16.9 Å². The van der Waals surface area contributed by atoms with E-state index in [1.54, 1.807) is 6.92 Å². The first-order valence-corrected chi connectivity index (χ1v) is 8.84. The number of hydrogen-bond acceptors (Lipinski definition) is 6. The number of anilines is 2. The van der Waals surface area contributed by atoms with Crippen LogP contribution in [0.2, 0.25) is 0 Å². The molecule has 0 bridgehead atoms. The molecule has 132 valence electrons. The SMILES string of the molecule is C/C(N)=C(\C)c1c(N)sc(C(=O)NCc2ccc3c(c2)CCO3)c1N. The smallest absolute Gasteiger partial charge is 0.263 e. The van der Waals surface area contributed by atoms with Crippen molar-refractivity contribution in [1.29, 1.82) is 0 Å². The molecule has 2 heterocycles. The largest absolute Gasteiger partial charge is 0.493 e. The molecule has 0 fully saturated rings. The van der Waals surface area contributed by atoms with Gasteiger partial charge in [-0.1, -0.05) is 12.1 Å². The summed E-state index contributed by atoms with van der Waals surface area (Å²) in [5.41, 5.74) is 22.7. The molecule has 0 saturated carbocycles. The van der Waals surface area contributed by atoms with Crippen molar-refractivity contribution in [3.63, 3.8) is 0 Å². The van der Waals surface area contributed by atoms with Crippen molar-refractivity contribution < 1.29 is 9.53 Å². The number of carbonyl (C=O) groups is 1. The molecule has 0 atom stereocenters. The molecular formula is C18H22N4O2S. The molecule has 1 aliphatic rings. The van der Waals surface area contributed by atoms with Crippen LogP contribution in [0.1, 0.15) is 40.2 Å². The van der Waals surface area contributed by atoms with E-state index in [9.17, 15) is 4.79 Å². The van der Waals surface area contributed by atoms with Crippen LogP contribution in [0.3, 0.4) is 0 Å². The van der Waals surface area contributed by atoms with Gasteiger partial charge in [-0.15, -0.1) is 11.3 Å². The number of ether oxygens (including phenoxy) is 1. The Morgan fingerprint density at radius 2 is 2.08 bits per heavy atom. The number of amides is 1. The number of nitrogen functional groups attached to an aromatic ring is 2. The number of fused-ring (bicyclic) bond motifs is 1. The van der Waals surface area contributed by atoms with Gasteiger partial charge in [-0.3, -0.25) is 4.79 Å². The quantitative estimate of drug-likeness (QED) is 0.670. The van der Waals surface area contributed by atoms with E-state index in [0.717, 1.165) is 23.3 Å². The molecule has 3 rings (SSSR count). The molecule has 7 N–H and O–H groups in total. The molecule has 1 aromatic carbocycles. The Morgan fingerprint density at radius 3 is 2.80 bits per heavy atom. The average Bonchev–Trinajstić information content (AvgIpc) is 3.15. The number of rotatable bonds is 4. The summed E-state index contributed by atoms with van der Waals surface area (Å²) in [7, 11) is 0. The highest BCUT2D eigenvalue weighted by atomic mass is 32.1. The number of benzene rings is 1. The Bertz CT molecular complexity index is 866. The number of allylic oxidation sites excluding steroid dienone is 2. The van der Waals surface area contributed by atoms with Crippen LogP contribution >= 0.6 is 11.3 Å². The highest BCUT2D eigenvalue weighted by molar-refractivity contribution is 7.18. The van der Waals surface area contributed by atoms with Crippen LogP contribution in [-0.2, 0) is 13.0 Å². The second-order valence-electron chi connectivity index (χ2n) is 6.12. The second kappa shape index (κ2) is 6.68. The fraction of sp³-hybridized carbons (Fsp3) is 0.278. The lowest BCUT2D eigenvalue weighted by molar-refractivity contribution is 0.0955. The lowest BCUT2D eigenvalue weighted by Gasteiger charge is -2.07. The lowest BCUT2D eigenvalue weighted by Crippen LogP contribution is -2.22. The highest BCUT2D eigenvalue weighted by Gasteiger charge is 2.21. The van der Waals surface area contributed by atoms with E-state index < -0.39 is 0 Å². The maximum Gasteiger partial charge on any atom is 0.263 e. The molecule has 7 heteroatoms. The van der Waals surface area contributed by atoms with Crippen LogP contribution in [0.15, 0.2) is 23.9 Å². The molecule has 1 amide bonds. The van der Waals surface area contributed by atoms with Gasteiger partial charge in [0.05, 0.1) is 17.3 Å². The van der Waals surface area contributed by atoms with E-state index in [0.29, 0.717) is 40.0 Å². The Hall–Kier alpha value is -2.67. The predicted octanol–water partition coefficient (Wildman–Crippen LogP) is 2.49. The van der Waals surface area contributed by atoms with Gasteiger partial charge in [-0.25, -0.2) is 0 Å². The Balaban J connectivity index is 1.76. The standard InChI is InChI=1S/C18H22N4O2S/c1-9(10(2)19)14-15(20)16(25-17(14)21)18(23)22-8-11-3-4-13-12(7-11)5-6-24-13/h3-4,7H,5-6,8,19-21H2,1-2H3,(H,22,23)/b10-9-. The zero-order valence-corrected chi connectivity index (χ0v) is 15.1. The summed E-state index contributed by atoms with van der Waals surface area (Å²) in [6.07, 6.45) is 0.902. The minimum atomic E-state index is -0.236. The summed E-state index contributed by atoms with van der Waals surface area (Å²) in [6, 6.07) is 5.95. The van der Waals surface area contributed by atoms with Gasteiger partial charge in [0.15, 0.2) is 0 Å². The Kier molecular flexibility index (Phi) is 4.59. The van der Waals surface area contributed by atoms with Crippen molar-refractivity contribution in [3.8, 4) is 5.75 Å². The first kappa shape index (κ1) is 17.2. The molecule has 0 saturated heterocycles. The molecular weight excluding hydrogens is 336 g/mol. The second-order valence-corrected chi connectivity index (χ2v) is 7.17. The van der Waals surface area contributed by atoms with Crippen molar-refractivity contribution in [3.05, 3.63) is 45.5 Å². The third kappa shape index (κ3) is 3.28. The number of nitrogens with two attached hydrogens (primary N) is 3. The van der Waals surface area contributed by atoms with Crippen LogP contribution in [0, 0.1) is 0 Å². The maximum atomic E-state index is 12.5. The van der Waals surface area contributed by atoms with Gasteiger partial charge in [-0.2, -0.15) is 0 Å². The molecule has 6 nitrogen and oxygen atoms in total. The van der Waals surface area contributed by atoms with Crippen molar-refractivity contribution in [1.82, 2.24) is 5.32 Å². The first-order chi connectivity index (χ1) is 11.9. The van der Waals surface area contributed by atoms with Crippen LogP contribution in [-0.4, -0.2) is 12.5 Å². The van der Waals surface area contributed by atoms with E-state index >= 15 is 0 Å². The van der Waals surface area contributed by atoms with Gasteiger partial charge in [0.25, 0.3) is 5.91 Å². The molecule has 2 aromatic rings. The summed E-state index contributed by atoms with van der Waals surface area (Å²) < 4.78 is 5.49. The predicted molar refractivity (Wildman–Crippen MR) is 102 cm³/mol. The Labute approximate surface area is 150 Å². The number of thiophene rings is 1. The summed E-state index contributed by atoms with van der Waals surface area (Å²) in [5, 5.41) is 3.40. The molecule has 0 radical (unpaired) electrons. The van der Waals surface area contributed by atoms with Gasteiger partial charge < -0.3 is 27.3 Å². The first-order valence-electron chi connectivity index (χ1n) is 8.02. The van der Waals surface area contributed by atoms with Gasteiger partial charge in [0.1, 0.15) is 10.6 Å². The van der Waals surface area contributed by atoms with Crippen molar-refractivity contribution in [2.24, 2.45) is 5.73 Å². The molecule has 0 aliphatic carbocycles. The van der Waals surface area contributed by atoms with E-state index in [2.05, 4.69) is 11.4 Å². The van der Waals surface area contributed by atoms with E-state index in [4.69, 9.17) is 21.9 Å². The normalized spacial score (nSPS) is 13.8. The van der Waals surface area contributed by atoms with Crippen molar-refractivity contribution >= 4 is 33.5 Å². The maximum absolute atomic E-state index is 12.5. The zero-order valence-electron chi connectivity index (χ0n) is 14.3. The lowest BCUT2D eigenvalue weighted by atomic mass is 10.1. The van der Waals surface area contributed by atoms with E-state index in [1.807, 2.05) is 19.1 Å². The molecule has 1 aromatic heterocycles. The van der Waals surface area contributed by atoms with Gasteiger partial charge in [0, 0.05) is 24.2 Å². The topological polar surface area (TPSA) is 116 Å². The van der Waals surface area contributed by atoms with Gasteiger partial charge >= 0.3 is 0 Å². The van der Waals surface area contributed by atoms with Crippen LogP contribution in [0.5, 0.6) is 5.75 Å². The third-order valence-corrected chi connectivity index (χ3v) is 5.39. The monoisotopic (exact) mass is 358 g/mol. The summed E-state index contributed by atoms with van der Waals surface area (Å²) >= 11 is 1.18. The third-order valence-electron chi connectivity index (χ3n) is 4.35. The molecule has 25 heavy (non-hydrogen) atoms. The van der Waals surface area contributed by atoms with E-state index in [-0.39, 0.29) is 5.91 Å². The summed E-state index contributed by atoms with van der Waals surface area (Å²) in [6.45, 7) is 4.76. The van der Waals surface area contributed by atoms with Gasteiger partial charge in [-0.05, 0) is 36.6 Å². The fourth-order valence-corrected chi connectivity index (χ4v) is 3.79. The summed E-state index contributed by atoms with van der Waals surface area (Å²) in [4.78, 5) is 12.9. The average molecular weight is 358 g/mol. The fourth-order valence-electron chi connectivity index (χ4n) is 2.83.